The fourth-order valence-electron chi connectivity index (χ4n) is 1.79. The molecule has 0 unspecified atom stereocenters. The highest BCUT2D eigenvalue weighted by Gasteiger charge is 2.48. The molecule has 1 aliphatic rings. The van der Waals surface area contributed by atoms with Gasteiger partial charge in [-0.3, -0.25) is 9.59 Å². The molecular weight excluding hydrogens is 298 g/mol. The van der Waals surface area contributed by atoms with Crippen LogP contribution in [-0.4, -0.2) is 36.1 Å². The number of imide groups is 1. The van der Waals surface area contributed by atoms with Gasteiger partial charge >= 0.3 is 11.9 Å². The second kappa shape index (κ2) is 4.66. The highest BCUT2D eigenvalue weighted by molar-refractivity contribution is 7.91. The van der Waals surface area contributed by atoms with Gasteiger partial charge in [-0.25, -0.2) is 13.2 Å². The van der Waals surface area contributed by atoms with Crippen LogP contribution in [0.4, 0.5) is 0 Å². The summed E-state index contributed by atoms with van der Waals surface area (Å²) in [6, 6.07) is 5.36. The molecule has 7 nitrogen and oxygen atoms in total. The molecule has 1 aliphatic heterocycles. The monoisotopic (exact) mass is 311 g/mol. The number of rotatable bonds is 0. The van der Waals surface area contributed by atoms with Gasteiger partial charge in [0.1, 0.15) is 10.5 Å². The van der Waals surface area contributed by atoms with Crippen LogP contribution in [0.25, 0.3) is 0 Å². The van der Waals surface area contributed by atoms with Gasteiger partial charge < -0.3 is 4.74 Å². The van der Waals surface area contributed by atoms with Crippen LogP contribution in [0.1, 0.15) is 31.1 Å². The molecule has 0 N–H and O–H groups in total. The molecular formula is C13H13NO6S. The third kappa shape index (κ3) is 2.54. The van der Waals surface area contributed by atoms with Crippen LogP contribution in [-0.2, 0) is 24.3 Å². The molecule has 0 spiro atoms. The lowest BCUT2D eigenvalue weighted by Gasteiger charge is -2.20. The fourth-order valence-corrected chi connectivity index (χ4v) is 3.28. The van der Waals surface area contributed by atoms with Crippen molar-refractivity contribution in [2.75, 3.05) is 0 Å². The maximum Gasteiger partial charge on any atom is 0.399 e. The van der Waals surface area contributed by atoms with Crippen LogP contribution in [0.5, 0.6) is 0 Å². The number of hydrogen-bond acceptors (Lipinski definition) is 6. The van der Waals surface area contributed by atoms with Gasteiger partial charge in [-0.05, 0) is 32.9 Å². The first-order valence-corrected chi connectivity index (χ1v) is 7.46. The molecule has 0 fully saturated rings. The Morgan fingerprint density at radius 1 is 1.14 bits per heavy atom. The maximum absolute atomic E-state index is 12.2. The molecule has 0 aliphatic carbocycles. The standard InChI is InChI=1S/C13H13NO6S/c1-13(2,3)20-12(17)11(16)14-10(15)8-6-4-5-7-9(8)21(14,18)19/h4-7H,1-3H3. The van der Waals surface area contributed by atoms with Gasteiger partial charge in [0.05, 0.1) is 5.56 Å². The first-order valence-electron chi connectivity index (χ1n) is 6.02. The summed E-state index contributed by atoms with van der Waals surface area (Å²) >= 11 is 0. The molecule has 0 saturated carbocycles. The van der Waals surface area contributed by atoms with Crippen molar-refractivity contribution >= 4 is 27.8 Å². The minimum absolute atomic E-state index is 0.0499. The van der Waals surface area contributed by atoms with Crippen LogP contribution in [0.3, 0.4) is 0 Å². The van der Waals surface area contributed by atoms with E-state index in [0.29, 0.717) is 0 Å². The van der Waals surface area contributed by atoms with E-state index in [4.69, 9.17) is 4.74 Å². The van der Waals surface area contributed by atoms with Crippen LogP contribution in [0.2, 0.25) is 0 Å². The zero-order valence-electron chi connectivity index (χ0n) is 11.6. The van der Waals surface area contributed by atoms with Gasteiger partial charge in [-0.15, -0.1) is 0 Å². The summed E-state index contributed by atoms with van der Waals surface area (Å²) in [4.78, 5) is 35.4. The molecule has 1 aromatic carbocycles. The maximum atomic E-state index is 12.2. The Kier molecular flexibility index (Phi) is 3.37. The van der Waals surface area contributed by atoms with Crippen molar-refractivity contribution in [2.24, 2.45) is 0 Å². The average Bonchev–Trinajstić information content (AvgIpc) is 2.55. The summed E-state index contributed by atoms with van der Waals surface area (Å²) in [5.74, 6) is -3.97. The smallest absolute Gasteiger partial charge is 0.399 e. The van der Waals surface area contributed by atoms with Crippen molar-refractivity contribution in [1.82, 2.24) is 4.31 Å². The Labute approximate surface area is 121 Å². The number of nitrogens with zero attached hydrogens (tertiary/aromatic N) is 1. The van der Waals surface area contributed by atoms with E-state index in [-0.39, 0.29) is 14.8 Å². The number of carbonyl (C=O) groups is 3. The summed E-state index contributed by atoms with van der Waals surface area (Å²) in [6.07, 6.45) is 0. The molecule has 0 saturated heterocycles. The molecule has 2 rings (SSSR count). The second-order valence-electron chi connectivity index (χ2n) is 5.38. The van der Waals surface area contributed by atoms with E-state index in [1.54, 1.807) is 0 Å². The van der Waals surface area contributed by atoms with Crippen molar-refractivity contribution in [3.63, 3.8) is 0 Å². The normalized spacial score (nSPS) is 16.5. The highest BCUT2D eigenvalue weighted by Crippen LogP contribution is 2.30. The Hall–Kier alpha value is -2.22. The molecule has 1 aromatic rings. The van der Waals surface area contributed by atoms with Crippen LogP contribution in [0, 0.1) is 0 Å². The van der Waals surface area contributed by atoms with Crippen molar-refractivity contribution in [3.05, 3.63) is 29.8 Å². The first-order chi connectivity index (χ1) is 9.55. The molecule has 0 aromatic heterocycles. The molecule has 1 heterocycles. The van der Waals surface area contributed by atoms with E-state index >= 15 is 0 Å². The van der Waals surface area contributed by atoms with E-state index in [9.17, 15) is 22.8 Å². The number of ether oxygens (including phenoxy) is 1. The Morgan fingerprint density at radius 3 is 2.24 bits per heavy atom. The molecule has 21 heavy (non-hydrogen) atoms. The third-order valence-electron chi connectivity index (χ3n) is 2.58. The van der Waals surface area contributed by atoms with E-state index in [0.717, 1.165) is 0 Å². The highest BCUT2D eigenvalue weighted by atomic mass is 32.2. The lowest BCUT2D eigenvalue weighted by atomic mass is 10.2. The van der Waals surface area contributed by atoms with Gasteiger partial charge in [-0.1, -0.05) is 12.1 Å². The van der Waals surface area contributed by atoms with E-state index in [2.05, 4.69) is 0 Å². The largest absolute Gasteiger partial charge is 0.453 e. The molecule has 112 valence electrons. The summed E-state index contributed by atoms with van der Waals surface area (Å²) in [6.45, 7) is 4.56. The molecule has 0 atom stereocenters. The van der Waals surface area contributed by atoms with Crippen molar-refractivity contribution in [2.45, 2.75) is 31.3 Å². The Balaban J connectivity index is 2.41. The Morgan fingerprint density at radius 2 is 1.71 bits per heavy atom. The quantitative estimate of drug-likeness (QED) is 0.517. The molecule has 0 radical (unpaired) electrons. The zero-order chi connectivity index (χ0) is 16.0. The number of carbonyl (C=O) groups excluding carboxylic acids is 3. The number of sulfonamides is 1. The number of fused-ring (bicyclic) bond motifs is 1. The van der Waals surface area contributed by atoms with E-state index in [1.807, 2.05) is 0 Å². The van der Waals surface area contributed by atoms with Crippen LogP contribution < -0.4 is 0 Å². The number of esters is 1. The fraction of sp³-hybridized carbons (Fsp3) is 0.308. The lowest BCUT2D eigenvalue weighted by Crippen LogP contribution is -2.43. The third-order valence-corrected chi connectivity index (χ3v) is 4.30. The van der Waals surface area contributed by atoms with E-state index in [1.165, 1.54) is 45.0 Å². The number of hydrogen-bond donors (Lipinski definition) is 0. The summed E-state index contributed by atoms with van der Waals surface area (Å²) in [5.41, 5.74) is -1.12. The number of amides is 2. The summed E-state index contributed by atoms with van der Waals surface area (Å²) < 4.78 is 29.1. The summed E-state index contributed by atoms with van der Waals surface area (Å²) in [5, 5.41) is 0. The van der Waals surface area contributed by atoms with E-state index < -0.39 is 33.4 Å². The SMILES string of the molecule is CC(C)(C)OC(=O)C(=O)N1C(=O)c2ccccc2S1(=O)=O. The van der Waals surface area contributed by atoms with Gasteiger partial charge in [0.15, 0.2) is 0 Å². The zero-order valence-corrected chi connectivity index (χ0v) is 12.4. The van der Waals surface area contributed by atoms with Gasteiger partial charge in [0.25, 0.3) is 15.9 Å². The van der Waals surface area contributed by atoms with Gasteiger partial charge in [0, 0.05) is 0 Å². The number of benzene rings is 1. The minimum atomic E-state index is -4.36. The second-order valence-corrected chi connectivity index (χ2v) is 7.13. The molecule has 2 amide bonds. The topological polar surface area (TPSA) is 97.8 Å². The van der Waals surface area contributed by atoms with Crippen molar-refractivity contribution in [1.29, 1.82) is 0 Å². The predicted octanol–water partition coefficient (Wildman–Crippen LogP) is 0.699. The van der Waals surface area contributed by atoms with Crippen LogP contribution >= 0.6 is 0 Å². The molecule has 0 bridgehead atoms. The van der Waals surface area contributed by atoms with Crippen molar-refractivity contribution in [3.8, 4) is 0 Å². The average molecular weight is 311 g/mol. The van der Waals surface area contributed by atoms with Crippen LogP contribution in [0.15, 0.2) is 29.2 Å². The Bertz CT molecular complexity index is 744. The minimum Gasteiger partial charge on any atom is -0.453 e. The van der Waals surface area contributed by atoms with Gasteiger partial charge in [-0.2, -0.15) is 4.31 Å². The molecule has 8 heteroatoms. The lowest BCUT2D eigenvalue weighted by molar-refractivity contribution is -0.165. The first kappa shape index (κ1) is 15.2. The van der Waals surface area contributed by atoms with Gasteiger partial charge in [0.2, 0.25) is 0 Å². The van der Waals surface area contributed by atoms with Crippen molar-refractivity contribution < 1.29 is 27.5 Å². The summed E-state index contributed by atoms with van der Waals surface area (Å²) in [7, 11) is -4.36. The predicted molar refractivity (Wildman–Crippen MR) is 70.6 cm³/mol.